The van der Waals surface area contributed by atoms with Gasteiger partial charge in [0, 0.05) is 12.8 Å². The average Bonchev–Trinajstić information content (AvgIpc) is 3.51. The molecule has 0 spiro atoms. The molecule has 1 amide bonds. The maximum Gasteiger partial charge on any atom is 0.472 e. The van der Waals surface area contributed by atoms with Gasteiger partial charge in [-0.3, -0.25) is 18.6 Å². The molecule has 0 rings (SSSR count). The second-order valence-corrected chi connectivity index (χ2v) is 26.9. The number of quaternary nitrogens is 1. The molecule has 0 heterocycles. The van der Waals surface area contributed by atoms with Gasteiger partial charge in [0.05, 0.1) is 33.8 Å². The number of phosphoric acid groups is 1. The van der Waals surface area contributed by atoms with Gasteiger partial charge in [0.2, 0.25) is 5.91 Å². The Labute approximate surface area is 515 Å². The molecule has 0 aliphatic rings. The average molecular weight is 1190 g/mol. The van der Waals surface area contributed by atoms with E-state index in [2.05, 4.69) is 74.7 Å². The first kappa shape index (κ1) is 80.7. The Hall–Kier alpha value is -2.29. The minimum atomic E-state index is -4.45. The summed E-state index contributed by atoms with van der Waals surface area (Å²) in [6.07, 6.45) is 80.9. The van der Waals surface area contributed by atoms with E-state index in [0.717, 1.165) is 83.5 Å². The smallest absolute Gasteiger partial charge is 0.456 e. The predicted molar refractivity (Wildman–Crippen MR) is 360 cm³/mol. The summed E-state index contributed by atoms with van der Waals surface area (Å²) in [5.41, 5.74) is 0. The molecule has 3 unspecified atom stereocenters. The van der Waals surface area contributed by atoms with Gasteiger partial charge >= 0.3 is 13.8 Å². The Morgan fingerprint density at radius 3 is 1.12 bits per heavy atom. The normalized spacial score (nSPS) is 13.9. The zero-order valence-electron chi connectivity index (χ0n) is 55.7. The summed E-state index contributed by atoms with van der Waals surface area (Å²) in [7, 11) is 1.50. The molecule has 83 heavy (non-hydrogen) atoms. The van der Waals surface area contributed by atoms with Crippen LogP contribution in [0.4, 0.5) is 0 Å². The largest absolute Gasteiger partial charge is 0.472 e. The molecular formula is C73H138N2O7P+. The fraction of sp³-hybridized carbons (Fsp3) is 0.836. The van der Waals surface area contributed by atoms with Crippen LogP contribution in [-0.4, -0.2) is 74.3 Å². The van der Waals surface area contributed by atoms with Crippen LogP contribution in [0.2, 0.25) is 0 Å². The van der Waals surface area contributed by atoms with E-state index in [-0.39, 0.29) is 31.5 Å². The van der Waals surface area contributed by atoms with E-state index < -0.39 is 20.0 Å². The topological polar surface area (TPSA) is 111 Å². The zero-order valence-corrected chi connectivity index (χ0v) is 56.6. The lowest BCUT2D eigenvalue weighted by Gasteiger charge is -2.27. The minimum Gasteiger partial charge on any atom is -0.456 e. The maximum absolute atomic E-state index is 13.6. The highest BCUT2D eigenvalue weighted by molar-refractivity contribution is 7.47. The van der Waals surface area contributed by atoms with Gasteiger partial charge in [-0.05, 0) is 76.7 Å². The molecule has 10 heteroatoms. The Morgan fingerprint density at radius 1 is 0.422 bits per heavy atom. The van der Waals surface area contributed by atoms with Crippen molar-refractivity contribution in [1.82, 2.24) is 5.32 Å². The van der Waals surface area contributed by atoms with Crippen LogP contribution in [-0.2, 0) is 27.9 Å². The number of allylic oxidation sites excluding steroid dienone is 9. The number of amides is 1. The van der Waals surface area contributed by atoms with Crippen LogP contribution in [0.25, 0.3) is 0 Å². The first-order valence-corrected chi connectivity index (χ1v) is 37.1. The molecule has 2 N–H and O–H groups in total. The summed E-state index contributed by atoms with van der Waals surface area (Å²) in [5.74, 6) is -0.498. The first-order valence-electron chi connectivity index (χ1n) is 35.6. The number of ether oxygens (including phenoxy) is 1. The molecule has 0 aliphatic heterocycles. The number of carbonyl (C=O) groups excluding carboxylic acids is 2. The van der Waals surface area contributed by atoms with Gasteiger partial charge in [-0.25, -0.2) is 4.57 Å². The number of hydrogen-bond acceptors (Lipinski definition) is 6. The van der Waals surface area contributed by atoms with Crippen LogP contribution in [0.3, 0.4) is 0 Å². The fourth-order valence-electron chi connectivity index (χ4n) is 10.5. The van der Waals surface area contributed by atoms with Crippen molar-refractivity contribution < 1.29 is 37.3 Å². The van der Waals surface area contributed by atoms with Crippen LogP contribution in [0.15, 0.2) is 60.8 Å². The van der Waals surface area contributed by atoms with E-state index in [9.17, 15) is 19.0 Å². The number of nitrogens with zero attached hydrogens (tertiary/aromatic N) is 1. The summed E-state index contributed by atoms with van der Waals surface area (Å²) < 4.78 is 30.8. The summed E-state index contributed by atoms with van der Waals surface area (Å²) in [5, 5.41) is 3.07. The van der Waals surface area contributed by atoms with E-state index in [1.807, 2.05) is 33.3 Å². The highest BCUT2D eigenvalue weighted by Crippen LogP contribution is 2.43. The predicted octanol–water partition coefficient (Wildman–Crippen LogP) is 22.6. The molecule has 0 saturated heterocycles. The van der Waals surface area contributed by atoms with E-state index in [1.54, 1.807) is 0 Å². The Morgan fingerprint density at radius 2 is 0.735 bits per heavy atom. The van der Waals surface area contributed by atoms with Crippen molar-refractivity contribution in [3.63, 3.8) is 0 Å². The van der Waals surface area contributed by atoms with Gasteiger partial charge in [-0.2, -0.15) is 0 Å². The molecule has 9 nitrogen and oxygen atoms in total. The van der Waals surface area contributed by atoms with Crippen LogP contribution in [0.5, 0.6) is 0 Å². The van der Waals surface area contributed by atoms with Crippen LogP contribution >= 0.6 is 7.82 Å². The molecule has 0 aromatic heterocycles. The molecule has 0 radical (unpaired) electrons. The zero-order chi connectivity index (χ0) is 60.7. The highest BCUT2D eigenvalue weighted by Gasteiger charge is 2.30. The summed E-state index contributed by atoms with van der Waals surface area (Å²) in [6, 6.07) is -0.850. The number of likely N-dealkylation sites (N-methyl/N-ethyl adjacent to an activating group) is 1. The highest BCUT2D eigenvalue weighted by atomic mass is 31.2. The number of nitrogens with one attached hydrogen (secondary N) is 1. The van der Waals surface area contributed by atoms with Crippen LogP contribution in [0.1, 0.15) is 342 Å². The molecular weight excluding hydrogens is 1050 g/mol. The van der Waals surface area contributed by atoms with Crippen molar-refractivity contribution in [2.45, 2.75) is 354 Å². The summed E-state index contributed by atoms with van der Waals surface area (Å²) in [6.45, 7) is 7.02. The number of phosphoric ester groups is 1. The van der Waals surface area contributed by atoms with E-state index in [0.29, 0.717) is 17.4 Å². The Balaban J connectivity index is 5.03. The summed E-state index contributed by atoms with van der Waals surface area (Å²) in [4.78, 5) is 37.9. The SMILES string of the molecule is CCCCC/C=C\C/C=C\C/C=C\C/C=C\CCCCCCCCCCCC(=O)OC(/C=C/CCCCCCCCCCC)C(COP(=O)(O)OCC[N+](C)(C)C)NC(=O)CCCCCCCCCCCCCCCCCCCCCCC. The maximum atomic E-state index is 13.6. The minimum absolute atomic E-state index is 0.0398. The van der Waals surface area contributed by atoms with E-state index >= 15 is 0 Å². The van der Waals surface area contributed by atoms with Gasteiger partial charge < -0.3 is 19.4 Å². The van der Waals surface area contributed by atoms with Crippen molar-refractivity contribution in [2.75, 3.05) is 40.9 Å². The molecule has 0 aromatic carbocycles. The summed E-state index contributed by atoms with van der Waals surface area (Å²) >= 11 is 0. The van der Waals surface area contributed by atoms with Crippen molar-refractivity contribution in [2.24, 2.45) is 0 Å². The third-order valence-corrected chi connectivity index (χ3v) is 16.9. The molecule has 0 aliphatic carbocycles. The standard InChI is InChI=1S/C73H137N2O7P/c1-7-10-13-16-19-22-25-27-29-31-33-35-36-37-38-40-42-44-46-48-51-54-57-60-63-66-73(77)82-71(64-61-58-55-52-49-24-21-18-15-12-9-3)70(69-81-83(78,79)80-68-67-75(4,5)6)74-72(76)65-62-59-56-53-50-47-45-43-41-39-34-32-30-28-26-23-20-17-14-11-8-2/h19,22,27,29,33,35,37-38,61,64,70-71H,7-18,20-21,23-26,28,30-32,34,36,39-60,62-63,65-69H2,1-6H3,(H-,74,76,78,79)/p+1/b22-19-,29-27-,35-33-,38-37-,64-61+. The molecule has 0 saturated carbocycles. The molecule has 0 aromatic rings. The Bertz CT molecular complexity index is 1600. The van der Waals surface area contributed by atoms with E-state index in [4.69, 9.17) is 13.8 Å². The second-order valence-electron chi connectivity index (χ2n) is 25.4. The molecule has 0 fully saturated rings. The lowest BCUT2D eigenvalue weighted by molar-refractivity contribution is -0.870. The second kappa shape index (κ2) is 62.8. The van der Waals surface area contributed by atoms with Gasteiger partial charge in [0.1, 0.15) is 19.3 Å². The van der Waals surface area contributed by atoms with Gasteiger partial charge in [-0.15, -0.1) is 0 Å². The van der Waals surface area contributed by atoms with Crippen molar-refractivity contribution in [1.29, 1.82) is 0 Å². The molecule has 486 valence electrons. The van der Waals surface area contributed by atoms with Gasteiger partial charge in [0.25, 0.3) is 0 Å². The van der Waals surface area contributed by atoms with Gasteiger partial charge in [0.15, 0.2) is 0 Å². The number of unbranched alkanes of at least 4 members (excludes halogenated alkanes) is 41. The first-order chi connectivity index (χ1) is 40.4. The van der Waals surface area contributed by atoms with Crippen molar-refractivity contribution >= 4 is 19.7 Å². The lowest BCUT2D eigenvalue weighted by atomic mass is 10.0. The quantitative estimate of drug-likeness (QED) is 0.0205. The third-order valence-electron chi connectivity index (χ3n) is 16.0. The number of rotatable bonds is 65. The van der Waals surface area contributed by atoms with Crippen LogP contribution < -0.4 is 5.32 Å². The van der Waals surface area contributed by atoms with Gasteiger partial charge in [-0.1, -0.05) is 313 Å². The van der Waals surface area contributed by atoms with E-state index in [1.165, 1.54) is 225 Å². The number of carbonyl (C=O) groups is 2. The van der Waals surface area contributed by atoms with Crippen molar-refractivity contribution in [3.05, 3.63) is 60.8 Å². The number of esters is 1. The Kier molecular flexibility index (Phi) is 61.0. The monoisotopic (exact) mass is 1190 g/mol. The fourth-order valence-corrected chi connectivity index (χ4v) is 11.2. The third kappa shape index (κ3) is 64.0. The molecule has 0 bridgehead atoms. The van der Waals surface area contributed by atoms with Crippen molar-refractivity contribution in [3.8, 4) is 0 Å². The number of hydrogen-bond donors (Lipinski definition) is 2. The molecule has 3 atom stereocenters. The van der Waals surface area contributed by atoms with Crippen LogP contribution in [0, 0.1) is 0 Å². The lowest BCUT2D eigenvalue weighted by Crippen LogP contribution is -2.47.